The highest BCUT2D eigenvalue weighted by Gasteiger charge is 2.17. The van der Waals surface area contributed by atoms with Crippen molar-refractivity contribution in [1.82, 2.24) is 9.78 Å². The Hall–Kier alpha value is -2.06. The molecular weight excluding hydrogens is 306 g/mol. The zero-order valence-electron chi connectivity index (χ0n) is 12.7. The lowest BCUT2D eigenvalue weighted by Crippen LogP contribution is -2.12. The van der Waals surface area contributed by atoms with Gasteiger partial charge in [-0.05, 0) is 38.1 Å². The number of ether oxygens (including phenoxy) is 2. The van der Waals surface area contributed by atoms with E-state index in [9.17, 15) is 8.42 Å². The largest absolute Gasteiger partial charge is 0.468 e. The van der Waals surface area contributed by atoms with Crippen LogP contribution in [0.5, 0.6) is 5.75 Å². The van der Waals surface area contributed by atoms with Crippen LogP contribution in [0.3, 0.4) is 0 Å². The van der Waals surface area contributed by atoms with Crippen LogP contribution in [0.1, 0.15) is 19.9 Å². The van der Waals surface area contributed by atoms with Crippen LogP contribution in [-0.2, 0) is 14.8 Å². The number of benzene rings is 1. The lowest BCUT2D eigenvalue weighted by atomic mass is 10.3. The van der Waals surface area contributed by atoms with Crippen molar-refractivity contribution >= 4 is 15.7 Å². The van der Waals surface area contributed by atoms with Crippen molar-refractivity contribution in [2.45, 2.75) is 24.8 Å². The Kier molecular flexibility index (Phi) is 5.04. The first kappa shape index (κ1) is 16.3. The van der Waals surface area contributed by atoms with E-state index in [0.717, 1.165) is 0 Å². The van der Waals surface area contributed by atoms with Gasteiger partial charge in [0.25, 0.3) is 10.0 Å². The summed E-state index contributed by atoms with van der Waals surface area (Å²) in [5, 5.41) is 4.04. The number of anilines is 1. The molecule has 0 radical (unpaired) electrons. The number of aromatic nitrogens is 2. The fourth-order valence-corrected chi connectivity index (χ4v) is 2.70. The number of hydrogen-bond donors (Lipinski definition) is 1. The summed E-state index contributed by atoms with van der Waals surface area (Å²) in [6.45, 7) is 3.99. The highest BCUT2D eigenvalue weighted by molar-refractivity contribution is 7.92. The van der Waals surface area contributed by atoms with E-state index >= 15 is 0 Å². The Morgan fingerprint density at radius 3 is 2.50 bits per heavy atom. The molecule has 0 aliphatic heterocycles. The van der Waals surface area contributed by atoms with Crippen molar-refractivity contribution in [3.8, 4) is 5.75 Å². The van der Waals surface area contributed by atoms with Gasteiger partial charge in [-0.25, -0.2) is 8.42 Å². The van der Waals surface area contributed by atoms with Gasteiger partial charge in [0, 0.05) is 25.0 Å². The molecular formula is C14H19N3O4S. The van der Waals surface area contributed by atoms with Gasteiger partial charge in [-0.1, -0.05) is 0 Å². The van der Waals surface area contributed by atoms with Crippen LogP contribution in [0.2, 0.25) is 0 Å². The highest BCUT2D eigenvalue weighted by Crippen LogP contribution is 2.20. The Balaban J connectivity index is 2.10. The van der Waals surface area contributed by atoms with Gasteiger partial charge >= 0.3 is 0 Å². The van der Waals surface area contributed by atoms with Crippen molar-refractivity contribution < 1.29 is 17.9 Å². The molecule has 0 spiro atoms. The molecule has 1 aromatic heterocycles. The van der Waals surface area contributed by atoms with Crippen molar-refractivity contribution in [3.63, 3.8) is 0 Å². The summed E-state index contributed by atoms with van der Waals surface area (Å²) in [7, 11) is -2.13. The molecule has 8 heteroatoms. The molecule has 0 aliphatic rings. The third-order valence-corrected chi connectivity index (χ3v) is 4.20. The monoisotopic (exact) mass is 325 g/mol. The molecule has 0 fully saturated rings. The van der Waals surface area contributed by atoms with E-state index in [1.165, 1.54) is 19.5 Å². The highest BCUT2D eigenvalue weighted by atomic mass is 32.2. The molecule has 2 aromatic rings. The first-order valence-corrected chi connectivity index (χ1v) is 8.19. The van der Waals surface area contributed by atoms with Gasteiger partial charge in [-0.2, -0.15) is 5.10 Å². The molecule has 1 heterocycles. The van der Waals surface area contributed by atoms with E-state index < -0.39 is 10.0 Å². The van der Waals surface area contributed by atoms with Gasteiger partial charge in [0.1, 0.15) is 10.6 Å². The van der Waals surface area contributed by atoms with Gasteiger partial charge in [-0.3, -0.25) is 9.40 Å². The minimum Gasteiger partial charge on any atom is -0.468 e. The van der Waals surface area contributed by atoms with E-state index in [-0.39, 0.29) is 17.7 Å². The van der Waals surface area contributed by atoms with Gasteiger partial charge in [0.05, 0.1) is 6.20 Å². The summed E-state index contributed by atoms with van der Waals surface area (Å²) < 4.78 is 38.7. The minimum atomic E-state index is -3.65. The topological polar surface area (TPSA) is 82.4 Å². The van der Waals surface area contributed by atoms with E-state index in [0.29, 0.717) is 11.4 Å². The van der Waals surface area contributed by atoms with Crippen molar-refractivity contribution in [1.29, 1.82) is 0 Å². The average molecular weight is 325 g/mol. The molecule has 0 unspecified atom stereocenters. The van der Waals surface area contributed by atoms with Crippen LogP contribution in [0.25, 0.3) is 0 Å². The van der Waals surface area contributed by atoms with Gasteiger partial charge in [0.2, 0.25) is 0 Å². The molecule has 0 saturated heterocycles. The van der Waals surface area contributed by atoms with Gasteiger partial charge in [-0.15, -0.1) is 0 Å². The normalized spacial score (nSPS) is 11.6. The predicted molar refractivity (Wildman–Crippen MR) is 82.4 cm³/mol. The predicted octanol–water partition coefficient (Wildman–Crippen LogP) is 2.25. The quantitative estimate of drug-likeness (QED) is 0.790. The molecule has 1 aromatic carbocycles. The molecule has 0 amide bonds. The first-order chi connectivity index (χ1) is 10.4. The summed E-state index contributed by atoms with van der Waals surface area (Å²) in [6.07, 6.45) is 2.83. The smallest absolute Gasteiger partial charge is 0.265 e. The lowest BCUT2D eigenvalue weighted by molar-refractivity contribution is 0.0511. The molecule has 120 valence electrons. The van der Waals surface area contributed by atoms with Crippen LogP contribution >= 0.6 is 0 Å². The number of nitrogens with zero attached hydrogens (tertiary/aromatic N) is 2. The second kappa shape index (κ2) is 6.80. The van der Waals surface area contributed by atoms with Crippen LogP contribution < -0.4 is 9.46 Å². The third-order valence-electron chi connectivity index (χ3n) is 2.87. The number of rotatable bonds is 7. The average Bonchev–Trinajstić information content (AvgIpc) is 2.97. The summed E-state index contributed by atoms with van der Waals surface area (Å²) >= 11 is 0. The molecule has 0 aliphatic carbocycles. The molecule has 0 atom stereocenters. The Labute approximate surface area is 129 Å². The Morgan fingerprint density at radius 1 is 1.27 bits per heavy atom. The number of hydrogen-bond acceptors (Lipinski definition) is 5. The minimum absolute atomic E-state index is 0.0983. The number of sulfonamides is 1. The van der Waals surface area contributed by atoms with E-state index in [1.807, 2.05) is 13.8 Å². The Morgan fingerprint density at radius 2 is 1.95 bits per heavy atom. The molecule has 0 bridgehead atoms. The Bertz CT molecular complexity index is 708. The molecule has 1 N–H and O–H groups in total. The molecule has 0 saturated carbocycles. The number of methoxy groups -OCH3 is 1. The second-order valence-corrected chi connectivity index (χ2v) is 6.61. The van der Waals surface area contributed by atoms with Gasteiger partial charge < -0.3 is 9.47 Å². The fraction of sp³-hybridized carbons (Fsp3) is 0.357. The van der Waals surface area contributed by atoms with Gasteiger partial charge in [0.15, 0.2) is 6.79 Å². The summed E-state index contributed by atoms with van der Waals surface area (Å²) in [6, 6.07) is 6.66. The van der Waals surface area contributed by atoms with Crippen LogP contribution in [-0.4, -0.2) is 32.1 Å². The lowest BCUT2D eigenvalue weighted by Gasteiger charge is -2.08. The SMILES string of the molecule is COCOc1ccc(NS(=O)(=O)c2cnn(C(C)C)c2)cc1. The van der Waals surface area contributed by atoms with Crippen LogP contribution in [0.4, 0.5) is 5.69 Å². The maximum absolute atomic E-state index is 12.3. The number of nitrogens with one attached hydrogen (secondary N) is 1. The second-order valence-electron chi connectivity index (χ2n) is 4.93. The van der Waals surface area contributed by atoms with E-state index in [2.05, 4.69) is 9.82 Å². The maximum atomic E-state index is 12.3. The third kappa shape index (κ3) is 3.99. The van der Waals surface area contributed by atoms with Crippen LogP contribution in [0.15, 0.2) is 41.6 Å². The fourth-order valence-electron chi connectivity index (χ4n) is 1.70. The summed E-state index contributed by atoms with van der Waals surface area (Å²) in [5.74, 6) is 0.595. The van der Waals surface area contributed by atoms with Crippen molar-refractivity contribution in [3.05, 3.63) is 36.7 Å². The first-order valence-electron chi connectivity index (χ1n) is 6.71. The summed E-state index contributed by atoms with van der Waals surface area (Å²) in [5.41, 5.74) is 0.446. The zero-order valence-corrected chi connectivity index (χ0v) is 13.5. The molecule has 22 heavy (non-hydrogen) atoms. The standard InChI is InChI=1S/C14H19N3O4S/c1-11(2)17-9-14(8-15-17)22(18,19)16-12-4-6-13(7-5-12)21-10-20-3/h4-9,11,16H,10H2,1-3H3. The zero-order chi connectivity index (χ0) is 16.2. The van der Waals surface area contributed by atoms with Crippen LogP contribution in [0, 0.1) is 0 Å². The summed E-state index contributed by atoms with van der Waals surface area (Å²) in [4.78, 5) is 0.126. The van der Waals surface area contributed by atoms with Crippen molar-refractivity contribution in [2.24, 2.45) is 0 Å². The van der Waals surface area contributed by atoms with E-state index in [4.69, 9.17) is 9.47 Å². The molecule has 7 nitrogen and oxygen atoms in total. The van der Waals surface area contributed by atoms with E-state index in [1.54, 1.807) is 28.9 Å². The maximum Gasteiger partial charge on any atom is 0.265 e. The van der Waals surface area contributed by atoms with Crippen molar-refractivity contribution in [2.75, 3.05) is 18.6 Å². The molecule has 2 rings (SSSR count).